The Kier molecular flexibility index (Phi) is 22.4. The number of aliphatic hydroxyl groups is 1. The molecule has 17 nitrogen and oxygen atoms in total. The molecular weight excluding hydrogens is 1080 g/mol. The van der Waals surface area contributed by atoms with E-state index >= 15 is 0 Å². The van der Waals surface area contributed by atoms with Gasteiger partial charge in [-0.3, -0.25) is 9.80 Å². The molecule has 0 heterocycles. The van der Waals surface area contributed by atoms with Gasteiger partial charge in [0.1, 0.15) is 48.0 Å². The summed E-state index contributed by atoms with van der Waals surface area (Å²) in [7, 11) is 2.86. The van der Waals surface area contributed by atoms with Gasteiger partial charge < -0.3 is 43.4 Å². The lowest BCUT2D eigenvalue weighted by molar-refractivity contribution is -0.275. The normalized spacial score (nSPS) is 13.8. The van der Waals surface area contributed by atoms with Crippen molar-refractivity contribution in [3.05, 3.63) is 131 Å². The number of likely N-dealkylation sites (N-methyl/N-ethyl adjacent to an activating group) is 2. The van der Waals surface area contributed by atoms with Crippen molar-refractivity contribution in [1.29, 1.82) is 0 Å². The molecule has 4 aromatic rings. The highest BCUT2D eigenvalue weighted by Crippen LogP contribution is 2.26. The van der Waals surface area contributed by atoms with E-state index in [-0.39, 0.29) is 50.1 Å². The number of carbonyl (C=O) groups is 6. The van der Waals surface area contributed by atoms with E-state index in [0.717, 1.165) is 39.6 Å². The Morgan fingerprint density at radius 3 is 1.23 bits per heavy atom. The van der Waals surface area contributed by atoms with Crippen LogP contribution in [0.5, 0.6) is 11.5 Å². The van der Waals surface area contributed by atoms with Crippen LogP contribution in [0.3, 0.4) is 0 Å². The molecule has 0 fully saturated rings. The highest BCUT2D eigenvalue weighted by molar-refractivity contribution is 5.85. The molecule has 464 valence electrons. The average Bonchev–Trinajstić information content (AvgIpc) is 0.876. The Morgan fingerprint density at radius 1 is 0.519 bits per heavy atom. The van der Waals surface area contributed by atoms with Gasteiger partial charge in [0.05, 0.1) is 0 Å². The summed E-state index contributed by atoms with van der Waals surface area (Å²) in [5.74, 6) is -4.13. The first kappa shape index (κ1) is 56.7. The van der Waals surface area contributed by atoms with Gasteiger partial charge in [-0.1, -0.05) is 113 Å². The Hall–Kier alpha value is -7.56. The second kappa shape index (κ2) is 32.0. The van der Waals surface area contributed by atoms with Crippen molar-refractivity contribution in [2.24, 2.45) is 11.8 Å². The summed E-state index contributed by atoms with van der Waals surface area (Å²) in [4.78, 5) is 76.0. The molecule has 4 atom stereocenters. The van der Waals surface area contributed by atoms with E-state index in [9.17, 15) is 60.2 Å². The number of ether oxygens (including phenoxy) is 7. The maximum Gasteiger partial charge on any atom is 0.573 e. The molecule has 4 rings (SSSR count). The van der Waals surface area contributed by atoms with E-state index in [1.54, 1.807) is 96.1 Å². The fourth-order valence-electron chi connectivity index (χ4n) is 6.87. The molecule has 2 amide bonds. The first-order valence-corrected chi connectivity index (χ1v) is 25.5. The number of nitrogens with zero attached hydrogens (tertiary/aromatic N) is 2. The molecule has 0 aliphatic heterocycles. The lowest BCUT2D eigenvalue weighted by atomic mass is 10.0. The van der Waals surface area contributed by atoms with Crippen LogP contribution in [-0.4, -0.2) is 118 Å². The monoisotopic (exact) mass is 1180 g/mol. The van der Waals surface area contributed by atoms with Crippen molar-refractivity contribution in [1.82, 2.24) is 9.80 Å². The van der Waals surface area contributed by atoms with E-state index in [2.05, 4.69) is 9.47 Å². The minimum Gasteiger partial charge on any atom is -0.480 e. The molecule has 0 spiro atoms. The van der Waals surface area contributed by atoms with Gasteiger partial charge in [-0.05, 0) is 113 Å². The van der Waals surface area contributed by atoms with Crippen molar-refractivity contribution in [3.63, 3.8) is 0 Å². The van der Waals surface area contributed by atoms with Crippen LogP contribution in [0.1, 0.15) is 128 Å². The van der Waals surface area contributed by atoms with Gasteiger partial charge in [0.2, 0.25) is 6.10 Å². The number of carbonyl (C=O) groups excluding carboxylic acids is 5. The minimum absolute atomic E-state index is 0.0212. The highest BCUT2D eigenvalue weighted by atomic mass is 19.4. The number of aliphatic hydroxyl groups excluding tert-OH is 1. The molecule has 0 aromatic heterocycles. The maximum atomic E-state index is 13.4. The summed E-state index contributed by atoms with van der Waals surface area (Å²) in [5, 5.41) is 18.9. The van der Waals surface area contributed by atoms with Gasteiger partial charge in [0.25, 0.3) is 0 Å². The Balaban J connectivity index is -0.000000242. The van der Waals surface area contributed by atoms with Crippen LogP contribution in [0.2, 0.25) is 0 Å². The molecular formula is C58H90F6N2O15. The largest absolute Gasteiger partial charge is 0.573 e. The highest BCUT2D eigenvalue weighted by Gasteiger charge is 2.37. The fourth-order valence-corrected chi connectivity index (χ4v) is 6.87. The molecule has 23 heteroatoms. The molecule has 0 bridgehead atoms. The van der Waals surface area contributed by atoms with E-state index in [0.29, 0.717) is 23.1 Å². The van der Waals surface area contributed by atoms with Gasteiger partial charge in [-0.25, -0.2) is 28.8 Å². The van der Waals surface area contributed by atoms with Crippen molar-refractivity contribution in [3.8, 4) is 11.5 Å². The van der Waals surface area contributed by atoms with E-state index in [4.69, 9.17) is 52.5 Å². The molecule has 81 heavy (non-hydrogen) atoms. The molecule has 2 N–H and O–H groups in total. The third-order valence-electron chi connectivity index (χ3n) is 10.6. The third kappa shape index (κ3) is 29.5. The van der Waals surface area contributed by atoms with Crippen LogP contribution < -0.4 is 9.47 Å². The molecule has 0 aliphatic rings. The van der Waals surface area contributed by atoms with E-state index in [1.807, 2.05) is 33.8 Å². The molecule has 0 saturated carbocycles. The number of aliphatic carboxylic acids is 1. The van der Waals surface area contributed by atoms with Crippen molar-refractivity contribution >= 4 is 36.1 Å². The quantitative estimate of drug-likeness (QED) is 0.0451. The molecule has 0 saturated heterocycles. The third-order valence-corrected chi connectivity index (χ3v) is 10.6. The number of amides is 2. The molecule has 0 aliphatic carbocycles. The van der Waals surface area contributed by atoms with Crippen molar-refractivity contribution < 1.29 is 122 Å². The van der Waals surface area contributed by atoms with Crippen LogP contribution in [0.25, 0.3) is 0 Å². The number of rotatable bonds is 21. The lowest BCUT2D eigenvalue weighted by Crippen LogP contribution is -2.47. The zero-order valence-electron chi connectivity index (χ0n) is 63.5. The van der Waals surface area contributed by atoms with E-state index < -0.39 is 90.0 Å². The maximum absolute atomic E-state index is 13.4. The number of carboxylic acid groups (broad SMARTS) is 1. The molecule has 4 aromatic carbocycles. The average molecular weight is 1190 g/mol. The number of carboxylic acids is 1. The summed E-state index contributed by atoms with van der Waals surface area (Å²) in [6, 6.07) is 25.7. The Labute approximate surface area is 493 Å². The van der Waals surface area contributed by atoms with Crippen LogP contribution in [0, 0.1) is 11.8 Å². The minimum atomic E-state index is -4.85. The van der Waals surface area contributed by atoms with Gasteiger partial charge in [-0.2, -0.15) is 0 Å². The second-order valence-corrected chi connectivity index (χ2v) is 21.2. The summed E-state index contributed by atoms with van der Waals surface area (Å²) >= 11 is 0. The zero-order chi connectivity index (χ0) is 77.5. The van der Waals surface area contributed by atoms with Crippen LogP contribution in [-0.2, 0) is 68.9 Å². The topological polar surface area (TPSA) is 214 Å². The Morgan fingerprint density at radius 2 is 0.877 bits per heavy atom. The van der Waals surface area contributed by atoms with Gasteiger partial charge in [0, 0.05) is 50.7 Å². The lowest BCUT2D eigenvalue weighted by Gasteiger charge is -2.31. The SMILES string of the molecule is CC(C)C[C@@H](C(=O)O)N(C)C(=O)OC(C)(C)C.CC(C)C[C@@H](C(=O)O[C@H](Cc1ccc(OC(F)(F)F)cc1)C(=O)OCc1ccccc1)N(C)C(=O)OC(C)(C)C.O=C(OCc1ccccc1)[C@H](O)Cc1ccc(OC(F)(F)F)cc1.[2H][2H].[2H][2H].[2H][2H].[2H][2H].[2H][2H].[2H][2H].[2H][2H].[2H][2H]. The first-order chi connectivity index (χ1) is 45.4. The van der Waals surface area contributed by atoms with Gasteiger partial charge in [0.15, 0.2) is 6.10 Å². The predicted octanol–water partition coefficient (Wildman–Crippen LogP) is 13.6. The van der Waals surface area contributed by atoms with Crippen LogP contribution in [0.15, 0.2) is 109 Å². The van der Waals surface area contributed by atoms with Crippen LogP contribution >= 0.6 is 0 Å². The first-order valence-electron chi connectivity index (χ1n) is 33.5. The number of hydrogen-bond donors (Lipinski definition) is 2. The number of halogens is 6. The summed E-state index contributed by atoms with van der Waals surface area (Å²) in [6.07, 6.45) is -13.4. The predicted molar refractivity (Wildman–Crippen MR) is 301 cm³/mol. The summed E-state index contributed by atoms with van der Waals surface area (Å²) < 4.78 is 188. The number of esters is 3. The van der Waals surface area contributed by atoms with Crippen molar-refractivity contribution in [2.75, 3.05) is 14.1 Å². The standard InChI is InChI=1S/C29H36F3NO7.C17H15F3O4.C12H23NO4.8H2/c1-19(2)16-23(33(6)27(36)40-28(3,4)5)25(34)38-24(26(35)37-18-21-10-8-7-9-11-21)17-20-12-14-22(15-13-20)39-29(30,31)32;18-17(19,20)24-14-8-6-12(7-9-14)10-15(21)16(22)23-11-13-4-2-1-3-5-13;1-8(2)7-9(10(14)15)13(6)11(16)17-12(3,4)5;;;;;;;;/h7-15,19,23-24H,16-18H2,1-6H3;1-9,15,21H,10-11H2;8-9H,7H2,1-6H3,(H,14,15);8*1H/t23-,24+;15-;9-;;;;;;;;/m010......../s1/i;;;8*1+1D. The van der Waals surface area contributed by atoms with Gasteiger partial charge in [-0.15, -0.1) is 26.3 Å². The second-order valence-electron chi connectivity index (χ2n) is 21.2. The number of alkyl halides is 6. The molecule has 0 radical (unpaired) electrons. The number of benzene rings is 4. The van der Waals surface area contributed by atoms with Crippen molar-refractivity contribution in [2.45, 2.75) is 156 Å². The molecule has 0 unspecified atom stereocenters. The van der Waals surface area contributed by atoms with Crippen LogP contribution in [0.4, 0.5) is 35.9 Å². The van der Waals surface area contributed by atoms with Gasteiger partial charge >= 0.3 is 48.8 Å². The van der Waals surface area contributed by atoms with E-state index in [1.165, 1.54) is 38.4 Å². The zero-order valence-corrected chi connectivity index (χ0v) is 47.5. The fraction of sp³-hybridized carbons (Fsp3) is 0.483. The summed E-state index contributed by atoms with van der Waals surface area (Å²) in [6.45, 7) is 17.8. The number of hydrogen-bond acceptors (Lipinski definition) is 14. The Bertz CT molecular complexity index is 2630. The smallest absolute Gasteiger partial charge is 0.480 e. The summed E-state index contributed by atoms with van der Waals surface area (Å²) in [5.41, 5.74) is 0.942.